The number of fused-ring (bicyclic) bond motifs is 4. The Labute approximate surface area is 163 Å². The van der Waals surface area contributed by atoms with E-state index in [1.807, 2.05) is 30.3 Å². The van der Waals surface area contributed by atoms with Gasteiger partial charge in [-0.05, 0) is 12.1 Å². The number of benzene rings is 1. The van der Waals surface area contributed by atoms with Gasteiger partial charge in [0.25, 0.3) is 5.56 Å². The lowest BCUT2D eigenvalue weighted by Crippen LogP contribution is -2.45. The first-order valence-corrected chi connectivity index (χ1v) is 9.36. The number of carbonyl (C=O) groups is 1. The van der Waals surface area contributed by atoms with E-state index in [9.17, 15) is 14.7 Å². The number of esters is 1. The van der Waals surface area contributed by atoms with E-state index < -0.39 is 5.92 Å². The molecule has 1 aromatic heterocycles. The Morgan fingerprint density at radius 2 is 1.96 bits per heavy atom. The van der Waals surface area contributed by atoms with Crippen molar-refractivity contribution in [2.45, 2.75) is 25.2 Å². The van der Waals surface area contributed by atoms with Crippen LogP contribution in [0.5, 0.6) is 5.75 Å². The summed E-state index contributed by atoms with van der Waals surface area (Å²) in [6.07, 6.45) is 0. The number of pyridine rings is 1. The second-order valence-electron chi connectivity index (χ2n) is 7.29. The highest BCUT2D eigenvalue weighted by Crippen LogP contribution is 2.49. The molecule has 28 heavy (non-hydrogen) atoms. The molecule has 2 aliphatic heterocycles. The van der Waals surface area contributed by atoms with Crippen molar-refractivity contribution in [3.05, 3.63) is 64.1 Å². The fourth-order valence-corrected chi connectivity index (χ4v) is 4.82. The van der Waals surface area contributed by atoms with Gasteiger partial charge in [0.1, 0.15) is 5.75 Å². The van der Waals surface area contributed by atoms with Gasteiger partial charge in [0, 0.05) is 49.0 Å². The molecular weight excluding hydrogens is 360 g/mol. The molecule has 4 rings (SSSR count). The Morgan fingerprint density at radius 1 is 1.18 bits per heavy atom. The first-order chi connectivity index (χ1) is 13.6. The van der Waals surface area contributed by atoms with Gasteiger partial charge >= 0.3 is 5.97 Å². The van der Waals surface area contributed by atoms with Gasteiger partial charge in [-0.3, -0.25) is 14.5 Å². The quantitative estimate of drug-likeness (QED) is 0.780. The zero-order chi connectivity index (χ0) is 19.8. The number of methoxy groups -OCH3 is 2. The number of hydrogen-bond acceptors (Lipinski definition) is 6. The van der Waals surface area contributed by atoms with Crippen molar-refractivity contribution in [3.63, 3.8) is 0 Å². The molecule has 7 heteroatoms. The number of nitrogens with zero attached hydrogens (tertiary/aromatic N) is 2. The van der Waals surface area contributed by atoms with Crippen molar-refractivity contribution in [2.24, 2.45) is 11.8 Å². The molecule has 3 heterocycles. The molecule has 0 amide bonds. The number of para-hydroxylation sites is 1. The Kier molecular flexibility index (Phi) is 4.95. The van der Waals surface area contributed by atoms with Crippen LogP contribution in [0, 0.1) is 11.8 Å². The van der Waals surface area contributed by atoms with Gasteiger partial charge in [-0.15, -0.1) is 0 Å². The lowest BCUT2D eigenvalue weighted by Gasteiger charge is -2.38. The van der Waals surface area contributed by atoms with Gasteiger partial charge in [-0.25, -0.2) is 0 Å². The van der Waals surface area contributed by atoms with Crippen LogP contribution in [0.3, 0.4) is 0 Å². The van der Waals surface area contributed by atoms with E-state index in [1.54, 1.807) is 17.7 Å². The predicted octanol–water partition coefficient (Wildman–Crippen LogP) is 1.19. The maximum absolute atomic E-state index is 12.7. The lowest BCUT2D eigenvalue weighted by atomic mass is 9.87. The van der Waals surface area contributed by atoms with Crippen LogP contribution in [0.2, 0.25) is 0 Å². The van der Waals surface area contributed by atoms with Crippen LogP contribution >= 0.6 is 0 Å². The van der Waals surface area contributed by atoms with Crippen LogP contribution in [0.25, 0.3) is 0 Å². The summed E-state index contributed by atoms with van der Waals surface area (Å²) in [5.41, 5.74) is 1.69. The third-order valence-electron chi connectivity index (χ3n) is 6.06. The van der Waals surface area contributed by atoms with Crippen molar-refractivity contribution in [3.8, 4) is 5.75 Å². The van der Waals surface area contributed by atoms with E-state index in [2.05, 4.69) is 4.90 Å². The maximum atomic E-state index is 12.7. The number of aliphatic hydroxyl groups is 1. The van der Waals surface area contributed by atoms with Gasteiger partial charge in [0.15, 0.2) is 0 Å². The third-order valence-corrected chi connectivity index (χ3v) is 6.06. The first-order valence-electron chi connectivity index (χ1n) is 9.36. The fourth-order valence-electron chi connectivity index (χ4n) is 4.82. The molecule has 0 unspecified atom stereocenters. The summed E-state index contributed by atoms with van der Waals surface area (Å²) in [6, 6.07) is 12.4. The summed E-state index contributed by atoms with van der Waals surface area (Å²) in [4.78, 5) is 27.3. The molecule has 1 saturated heterocycles. The van der Waals surface area contributed by atoms with Crippen molar-refractivity contribution in [1.82, 2.24) is 9.47 Å². The van der Waals surface area contributed by atoms with Gasteiger partial charge in [0.2, 0.25) is 0 Å². The summed E-state index contributed by atoms with van der Waals surface area (Å²) in [7, 11) is 2.99. The number of aliphatic hydroxyl groups excluding tert-OH is 1. The first kappa shape index (κ1) is 18.7. The zero-order valence-electron chi connectivity index (χ0n) is 15.9. The van der Waals surface area contributed by atoms with Crippen LogP contribution in [0.15, 0.2) is 47.3 Å². The topological polar surface area (TPSA) is 81.0 Å². The van der Waals surface area contributed by atoms with Crippen molar-refractivity contribution < 1.29 is 19.4 Å². The minimum Gasteiger partial charge on any atom is -0.496 e. The summed E-state index contributed by atoms with van der Waals surface area (Å²) in [5.74, 6) is -0.439. The van der Waals surface area contributed by atoms with Gasteiger partial charge in [-0.1, -0.05) is 24.3 Å². The number of aromatic nitrogens is 1. The molecule has 0 spiro atoms. The standard InChI is InChI=1S/C21H24N2O5/c1-27-17-8-4-3-6-13(17)10-23-16-11-22-15(7-5-9-18(22)25)20(23)19(14(16)12-24)21(26)28-2/h3-9,14,16,19-20,24H,10-12H2,1-2H3/t14-,16-,19+,20+/m0/s1. The van der Waals surface area contributed by atoms with Crippen LogP contribution in [-0.4, -0.2) is 47.4 Å². The Bertz CT molecular complexity index is 940. The van der Waals surface area contributed by atoms with Gasteiger partial charge in [-0.2, -0.15) is 0 Å². The zero-order valence-corrected chi connectivity index (χ0v) is 15.9. The normalized spacial score (nSPS) is 26.0. The van der Waals surface area contributed by atoms with Crippen LogP contribution < -0.4 is 10.3 Å². The summed E-state index contributed by atoms with van der Waals surface area (Å²) in [5, 5.41) is 10.1. The summed E-state index contributed by atoms with van der Waals surface area (Å²) < 4.78 is 12.3. The Morgan fingerprint density at radius 3 is 2.68 bits per heavy atom. The van der Waals surface area contributed by atoms with Crippen LogP contribution in [-0.2, 0) is 22.6 Å². The summed E-state index contributed by atoms with van der Waals surface area (Å²) >= 11 is 0. The highest BCUT2D eigenvalue weighted by atomic mass is 16.5. The second-order valence-corrected chi connectivity index (χ2v) is 7.29. The fraction of sp³-hybridized carbons (Fsp3) is 0.429. The van der Waals surface area contributed by atoms with E-state index >= 15 is 0 Å². The molecule has 2 aliphatic rings. The highest BCUT2D eigenvalue weighted by molar-refractivity contribution is 5.74. The molecule has 7 nitrogen and oxygen atoms in total. The van der Waals surface area contributed by atoms with E-state index in [1.165, 1.54) is 13.2 Å². The third kappa shape index (κ3) is 2.82. The largest absolute Gasteiger partial charge is 0.496 e. The van der Waals surface area contributed by atoms with Gasteiger partial charge < -0.3 is 19.1 Å². The minimum absolute atomic E-state index is 0.0911. The number of rotatable bonds is 5. The molecule has 1 aromatic carbocycles. The van der Waals surface area contributed by atoms with Crippen molar-refractivity contribution in [1.29, 1.82) is 0 Å². The highest BCUT2D eigenvalue weighted by Gasteiger charge is 2.56. The average Bonchev–Trinajstić information content (AvgIpc) is 2.92. The van der Waals surface area contributed by atoms with E-state index in [0.29, 0.717) is 13.1 Å². The van der Waals surface area contributed by atoms with E-state index in [0.717, 1.165) is 17.0 Å². The Balaban J connectivity index is 1.83. The smallest absolute Gasteiger partial charge is 0.311 e. The molecule has 4 atom stereocenters. The molecule has 0 aliphatic carbocycles. The lowest BCUT2D eigenvalue weighted by molar-refractivity contribution is -0.148. The van der Waals surface area contributed by atoms with Crippen LogP contribution in [0.1, 0.15) is 17.3 Å². The van der Waals surface area contributed by atoms with Crippen molar-refractivity contribution >= 4 is 5.97 Å². The SMILES string of the molecule is COC(=O)[C@@H]1[C@@H](CO)[C@@H]2Cn3c(cccc3=O)[C@H]1N2Cc1ccccc1OC. The molecule has 0 saturated carbocycles. The molecule has 148 valence electrons. The minimum atomic E-state index is -0.537. The van der Waals surface area contributed by atoms with Crippen LogP contribution in [0.4, 0.5) is 0 Å². The monoisotopic (exact) mass is 384 g/mol. The molecule has 2 aromatic rings. The maximum Gasteiger partial charge on any atom is 0.311 e. The molecule has 2 bridgehead atoms. The summed E-state index contributed by atoms with van der Waals surface area (Å²) in [6.45, 7) is 0.831. The predicted molar refractivity (Wildman–Crippen MR) is 102 cm³/mol. The Hall–Kier alpha value is -2.64. The van der Waals surface area contributed by atoms with E-state index in [4.69, 9.17) is 9.47 Å². The molecular formula is C21H24N2O5. The molecule has 0 radical (unpaired) electrons. The number of carbonyl (C=O) groups excluding carboxylic acids is 1. The number of hydrogen-bond donors (Lipinski definition) is 1. The second kappa shape index (κ2) is 7.41. The van der Waals surface area contributed by atoms with Crippen molar-refractivity contribution in [2.75, 3.05) is 20.8 Å². The average molecular weight is 384 g/mol. The van der Waals surface area contributed by atoms with E-state index in [-0.39, 0.29) is 36.1 Å². The molecule has 1 N–H and O–H groups in total. The molecule has 1 fully saturated rings. The van der Waals surface area contributed by atoms with Gasteiger partial charge in [0.05, 0.1) is 26.2 Å². The number of ether oxygens (including phenoxy) is 2.